The molecular formula is C12H11BrF3N. The molecule has 0 radical (unpaired) electrons. The Hall–Kier alpha value is -0.990. The number of rotatable bonds is 2. The molecule has 0 saturated carbocycles. The van der Waals surface area contributed by atoms with Crippen molar-refractivity contribution in [2.24, 2.45) is 5.73 Å². The number of hydrogen-bond donors (Lipinski definition) is 1. The second-order valence-corrected chi connectivity index (χ2v) is 4.33. The average Bonchev–Trinajstić information content (AvgIpc) is 2.24. The van der Waals surface area contributed by atoms with Crippen LogP contribution in [-0.2, 0) is 6.18 Å². The Bertz CT molecular complexity index is 457. The van der Waals surface area contributed by atoms with Gasteiger partial charge in [-0.3, -0.25) is 0 Å². The maximum absolute atomic E-state index is 12.5. The first-order chi connectivity index (χ1) is 7.86. The van der Waals surface area contributed by atoms with E-state index in [9.17, 15) is 13.2 Å². The van der Waals surface area contributed by atoms with Crippen LogP contribution in [0.25, 0.3) is 0 Å². The zero-order chi connectivity index (χ0) is 13.1. The molecule has 5 heteroatoms. The van der Waals surface area contributed by atoms with E-state index < -0.39 is 17.8 Å². The van der Waals surface area contributed by atoms with Crippen LogP contribution in [0.15, 0.2) is 22.7 Å². The summed E-state index contributed by atoms with van der Waals surface area (Å²) in [6.07, 6.45) is -4.03. The summed E-state index contributed by atoms with van der Waals surface area (Å²) >= 11 is 3.19. The highest BCUT2D eigenvalue weighted by Crippen LogP contribution is 2.33. The number of nitrogens with two attached hydrogens (primary N) is 1. The summed E-state index contributed by atoms with van der Waals surface area (Å²) < 4.78 is 38.2. The van der Waals surface area contributed by atoms with E-state index in [4.69, 9.17) is 5.73 Å². The van der Waals surface area contributed by atoms with E-state index in [0.29, 0.717) is 16.5 Å². The Labute approximate surface area is 106 Å². The number of alkyl halides is 3. The molecule has 1 aromatic rings. The second kappa shape index (κ2) is 5.56. The molecule has 0 aliphatic heterocycles. The first kappa shape index (κ1) is 14.1. The summed E-state index contributed by atoms with van der Waals surface area (Å²) in [5, 5.41) is 0. The van der Waals surface area contributed by atoms with Crippen molar-refractivity contribution >= 4 is 15.9 Å². The molecule has 0 fully saturated rings. The highest BCUT2D eigenvalue weighted by molar-refractivity contribution is 9.10. The summed E-state index contributed by atoms with van der Waals surface area (Å²) in [6.45, 7) is 1.66. The van der Waals surface area contributed by atoms with E-state index in [1.807, 2.05) is 0 Å². The van der Waals surface area contributed by atoms with Crippen molar-refractivity contribution < 1.29 is 13.2 Å². The Morgan fingerprint density at radius 2 is 2.06 bits per heavy atom. The van der Waals surface area contributed by atoms with E-state index in [1.54, 1.807) is 6.92 Å². The van der Waals surface area contributed by atoms with Crippen LogP contribution in [0.1, 0.15) is 30.5 Å². The van der Waals surface area contributed by atoms with Gasteiger partial charge in [-0.2, -0.15) is 13.2 Å². The van der Waals surface area contributed by atoms with Gasteiger partial charge in [0.15, 0.2) is 0 Å². The Morgan fingerprint density at radius 1 is 1.41 bits per heavy atom. The molecule has 92 valence electrons. The summed E-state index contributed by atoms with van der Waals surface area (Å²) in [5.74, 6) is 5.42. The van der Waals surface area contributed by atoms with Gasteiger partial charge in [0.2, 0.25) is 0 Å². The van der Waals surface area contributed by atoms with Gasteiger partial charge in [-0.05, 0) is 30.7 Å². The summed E-state index contributed by atoms with van der Waals surface area (Å²) in [6, 6.07) is 2.91. The van der Waals surface area contributed by atoms with Gasteiger partial charge in [0.25, 0.3) is 0 Å². The molecule has 2 N–H and O–H groups in total. The second-order valence-electron chi connectivity index (χ2n) is 3.47. The molecule has 17 heavy (non-hydrogen) atoms. The van der Waals surface area contributed by atoms with Crippen LogP contribution in [0.5, 0.6) is 0 Å². The van der Waals surface area contributed by atoms with Gasteiger partial charge in [0.05, 0.1) is 5.56 Å². The normalized spacial score (nSPS) is 12.8. The van der Waals surface area contributed by atoms with Crippen molar-refractivity contribution in [3.05, 3.63) is 33.8 Å². The van der Waals surface area contributed by atoms with Crippen LogP contribution in [0.4, 0.5) is 13.2 Å². The van der Waals surface area contributed by atoms with Gasteiger partial charge in [-0.1, -0.05) is 15.9 Å². The third-order valence-electron chi connectivity index (χ3n) is 2.22. The molecule has 1 rings (SSSR count). The first-order valence-electron chi connectivity index (χ1n) is 4.88. The molecule has 1 unspecified atom stereocenters. The van der Waals surface area contributed by atoms with Crippen LogP contribution >= 0.6 is 15.9 Å². The minimum atomic E-state index is -4.36. The SMILES string of the molecule is CC#CCC(N)c1cc(C(F)(F)F)ccc1Br. The molecule has 0 amide bonds. The van der Waals surface area contributed by atoms with E-state index in [2.05, 4.69) is 27.8 Å². The van der Waals surface area contributed by atoms with Crippen LogP contribution in [0.2, 0.25) is 0 Å². The van der Waals surface area contributed by atoms with Crippen molar-refractivity contribution in [1.82, 2.24) is 0 Å². The summed E-state index contributed by atoms with van der Waals surface area (Å²) in [4.78, 5) is 0. The summed E-state index contributed by atoms with van der Waals surface area (Å²) in [7, 11) is 0. The summed E-state index contributed by atoms with van der Waals surface area (Å²) in [5.41, 5.74) is 5.51. The number of benzene rings is 1. The van der Waals surface area contributed by atoms with Crippen molar-refractivity contribution in [2.45, 2.75) is 25.6 Å². The smallest absolute Gasteiger partial charge is 0.323 e. The van der Waals surface area contributed by atoms with Crippen molar-refractivity contribution in [1.29, 1.82) is 0 Å². The van der Waals surface area contributed by atoms with Gasteiger partial charge in [0, 0.05) is 16.9 Å². The number of hydrogen-bond acceptors (Lipinski definition) is 1. The van der Waals surface area contributed by atoms with Crippen LogP contribution in [0, 0.1) is 11.8 Å². The topological polar surface area (TPSA) is 26.0 Å². The van der Waals surface area contributed by atoms with Gasteiger partial charge in [-0.25, -0.2) is 0 Å². The molecular weight excluding hydrogens is 295 g/mol. The maximum Gasteiger partial charge on any atom is 0.416 e. The predicted octanol–water partition coefficient (Wildman–Crippen LogP) is 3.88. The van der Waals surface area contributed by atoms with E-state index in [0.717, 1.165) is 12.1 Å². The third kappa shape index (κ3) is 3.76. The maximum atomic E-state index is 12.5. The molecule has 0 aliphatic rings. The lowest BCUT2D eigenvalue weighted by molar-refractivity contribution is -0.137. The van der Waals surface area contributed by atoms with Crippen molar-refractivity contribution in [3.8, 4) is 11.8 Å². The van der Waals surface area contributed by atoms with Gasteiger partial charge >= 0.3 is 6.18 Å². The van der Waals surface area contributed by atoms with Crippen LogP contribution in [0.3, 0.4) is 0 Å². The van der Waals surface area contributed by atoms with Gasteiger partial charge in [0.1, 0.15) is 0 Å². The van der Waals surface area contributed by atoms with Crippen LogP contribution < -0.4 is 5.73 Å². The largest absolute Gasteiger partial charge is 0.416 e. The lowest BCUT2D eigenvalue weighted by atomic mass is 10.0. The third-order valence-corrected chi connectivity index (χ3v) is 2.94. The minimum absolute atomic E-state index is 0.330. The zero-order valence-corrected chi connectivity index (χ0v) is 10.7. The average molecular weight is 306 g/mol. The van der Waals surface area contributed by atoms with E-state index >= 15 is 0 Å². The first-order valence-corrected chi connectivity index (χ1v) is 5.67. The Kier molecular flexibility index (Phi) is 4.61. The van der Waals surface area contributed by atoms with E-state index in [1.165, 1.54) is 6.07 Å². The molecule has 1 aromatic carbocycles. The van der Waals surface area contributed by atoms with Crippen molar-refractivity contribution in [3.63, 3.8) is 0 Å². The zero-order valence-electron chi connectivity index (χ0n) is 9.11. The van der Waals surface area contributed by atoms with Crippen molar-refractivity contribution in [2.75, 3.05) is 0 Å². The fourth-order valence-electron chi connectivity index (χ4n) is 1.33. The van der Waals surface area contributed by atoms with Gasteiger partial charge < -0.3 is 5.73 Å². The highest BCUT2D eigenvalue weighted by Gasteiger charge is 2.31. The quantitative estimate of drug-likeness (QED) is 0.825. The highest BCUT2D eigenvalue weighted by atomic mass is 79.9. The predicted molar refractivity (Wildman–Crippen MR) is 64.1 cm³/mol. The molecule has 0 spiro atoms. The molecule has 0 aromatic heterocycles. The lowest BCUT2D eigenvalue weighted by Crippen LogP contribution is -2.12. The van der Waals surface area contributed by atoms with E-state index in [-0.39, 0.29) is 0 Å². The lowest BCUT2D eigenvalue weighted by Gasteiger charge is -2.14. The standard InChI is InChI=1S/C12H11BrF3N/c1-2-3-4-11(17)9-7-8(12(14,15)16)5-6-10(9)13/h5-7,11H,4,17H2,1H3. The Balaban J connectivity index is 3.09. The molecule has 0 heterocycles. The fourth-order valence-corrected chi connectivity index (χ4v) is 1.87. The van der Waals surface area contributed by atoms with Gasteiger partial charge in [-0.15, -0.1) is 11.8 Å². The van der Waals surface area contributed by atoms with Crippen LogP contribution in [-0.4, -0.2) is 0 Å². The minimum Gasteiger partial charge on any atom is -0.323 e. The molecule has 0 aliphatic carbocycles. The molecule has 1 nitrogen and oxygen atoms in total. The molecule has 0 saturated heterocycles. The monoisotopic (exact) mass is 305 g/mol. The Morgan fingerprint density at radius 3 is 2.59 bits per heavy atom. The fraction of sp³-hybridized carbons (Fsp3) is 0.333. The molecule has 0 bridgehead atoms. The number of halogens is 4. The molecule has 1 atom stereocenters.